The van der Waals surface area contributed by atoms with E-state index in [0.29, 0.717) is 19.5 Å². The maximum absolute atomic E-state index is 12.6. The van der Waals surface area contributed by atoms with Crippen LogP contribution in [0.3, 0.4) is 0 Å². The van der Waals surface area contributed by atoms with Crippen molar-refractivity contribution in [3.05, 3.63) is 30.1 Å². The van der Waals surface area contributed by atoms with Crippen molar-refractivity contribution in [3.63, 3.8) is 0 Å². The first-order valence-corrected chi connectivity index (χ1v) is 6.90. The summed E-state index contributed by atoms with van der Waals surface area (Å²) in [7, 11) is 0. The second-order valence-corrected chi connectivity index (χ2v) is 5.55. The Kier molecular flexibility index (Phi) is 4.35. The summed E-state index contributed by atoms with van der Waals surface area (Å²) >= 11 is 0. The SMILES string of the molecule is CC(N)(C(=O)N(CCC#N)Cc1cccnc1)C1CC1. The molecule has 5 heteroatoms. The van der Waals surface area contributed by atoms with Crippen molar-refractivity contribution in [2.75, 3.05) is 6.54 Å². The number of nitrogens with zero attached hydrogens (tertiary/aromatic N) is 3. The Morgan fingerprint density at radius 3 is 2.95 bits per heavy atom. The predicted octanol–water partition coefficient (Wildman–Crippen LogP) is 1.45. The highest BCUT2D eigenvalue weighted by molar-refractivity contribution is 5.86. The third-order valence-corrected chi connectivity index (χ3v) is 3.76. The Balaban J connectivity index is 2.10. The lowest BCUT2D eigenvalue weighted by Gasteiger charge is -2.31. The number of pyridine rings is 1. The third kappa shape index (κ3) is 3.34. The van der Waals surface area contributed by atoms with E-state index in [1.165, 1.54) is 0 Å². The molecule has 106 valence electrons. The predicted molar refractivity (Wildman–Crippen MR) is 75.2 cm³/mol. The summed E-state index contributed by atoms with van der Waals surface area (Å²) in [6.45, 7) is 2.66. The van der Waals surface area contributed by atoms with E-state index in [9.17, 15) is 4.79 Å². The normalized spacial score (nSPS) is 17.1. The largest absolute Gasteiger partial charge is 0.336 e. The third-order valence-electron chi connectivity index (χ3n) is 3.76. The van der Waals surface area contributed by atoms with E-state index in [-0.39, 0.29) is 11.8 Å². The maximum Gasteiger partial charge on any atom is 0.242 e. The van der Waals surface area contributed by atoms with Gasteiger partial charge in [-0.1, -0.05) is 6.07 Å². The second kappa shape index (κ2) is 6.02. The van der Waals surface area contributed by atoms with Crippen LogP contribution in [-0.2, 0) is 11.3 Å². The molecule has 20 heavy (non-hydrogen) atoms. The summed E-state index contributed by atoms with van der Waals surface area (Å²) < 4.78 is 0. The Bertz CT molecular complexity index is 502. The quantitative estimate of drug-likeness (QED) is 0.849. The Hall–Kier alpha value is -1.93. The molecule has 0 spiro atoms. The minimum atomic E-state index is -0.822. The highest BCUT2D eigenvalue weighted by Gasteiger charge is 2.45. The van der Waals surface area contributed by atoms with E-state index in [2.05, 4.69) is 11.1 Å². The summed E-state index contributed by atoms with van der Waals surface area (Å²) in [6.07, 6.45) is 5.77. The average Bonchev–Trinajstić information content (AvgIpc) is 3.28. The van der Waals surface area contributed by atoms with Crippen LogP contribution in [0.5, 0.6) is 0 Å². The van der Waals surface area contributed by atoms with E-state index < -0.39 is 5.54 Å². The average molecular weight is 272 g/mol. The number of nitrogens with two attached hydrogens (primary N) is 1. The van der Waals surface area contributed by atoms with Crippen molar-refractivity contribution in [2.24, 2.45) is 11.7 Å². The number of carbonyl (C=O) groups is 1. The topological polar surface area (TPSA) is 83.0 Å². The minimum absolute atomic E-state index is 0.0703. The summed E-state index contributed by atoms with van der Waals surface area (Å²) in [4.78, 5) is 18.4. The van der Waals surface area contributed by atoms with E-state index in [1.807, 2.05) is 12.1 Å². The van der Waals surface area contributed by atoms with Crippen molar-refractivity contribution in [1.29, 1.82) is 5.26 Å². The van der Waals surface area contributed by atoms with E-state index in [4.69, 9.17) is 11.0 Å². The molecule has 2 N–H and O–H groups in total. The van der Waals surface area contributed by atoms with Crippen LogP contribution in [-0.4, -0.2) is 27.9 Å². The summed E-state index contributed by atoms with van der Waals surface area (Å²) in [5, 5.41) is 8.76. The van der Waals surface area contributed by atoms with Gasteiger partial charge in [-0.25, -0.2) is 0 Å². The van der Waals surface area contributed by atoms with Gasteiger partial charge in [0.05, 0.1) is 18.0 Å². The van der Waals surface area contributed by atoms with Gasteiger partial charge in [-0.15, -0.1) is 0 Å². The molecule has 0 aliphatic heterocycles. The Labute approximate surface area is 119 Å². The number of hydrogen-bond acceptors (Lipinski definition) is 4. The smallest absolute Gasteiger partial charge is 0.242 e. The van der Waals surface area contributed by atoms with Crippen LogP contribution in [0.2, 0.25) is 0 Å². The zero-order valence-corrected chi connectivity index (χ0v) is 11.7. The van der Waals surface area contributed by atoms with Gasteiger partial charge in [0, 0.05) is 25.5 Å². The number of nitriles is 1. The first-order chi connectivity index (χ1) is 9.55. The Morgan fingerprint density at radius 1 is 1.65 bits per heavy atom. The molecule has 0 bridgehead atoms. The first kappa shape index (κ1) is 14.5. The molecule has 2 rings (SSSR count). The second-order valence-electron chi connectivity index (χ2n) is 5.55. The van der Waals surface area contributed by atoms with Gasteiger partial charge in [0.25, 0.3) is 0 Å². The van der Waals surface area contributed by atoms with E-state index >= 15 is 0 Å². The molecule has 1 fully saturated rings. The van der Waals surface area contributed by atoms with E-state index in [1.54, 1.807) is 24.2 Å². The standard InChI is InChI=1S/C15H20N4O/c1-15(17,13-5-6-13)14(20)19(9-3-7-16)11-12-4-2-8-18-10-12/h2,4,8,10,13H,3,5-6,9,11,17H2,1H3. The fourth-order valence-electron chi connectivity index (χ4n) is 2.35. The molecule has 5 nitrogen and oxygen atoms in total. The van der Waals surface area contributed by atoms with Crippen LogP contribution in [0.25, 0.3) is 0 Å². The fraction of sp³-hybridized carbons (Fsp3) is 0.533. The van der Waals surface area contributed by atoms with Crippen LogP contribution in [0, 0.1) is 17.2 Å². The molecule has 1 aliphatic rings. The van der Waals surface area contributed by atoms with E-state index in [0.717, 1.165) is 18.4 Å². The van der Waals surface area contributed by atoms with Crippen molar-refractivity contribution in [2.45, 2.75) is 38.3 Å². The zero-order valence-electron chi connectivity index (χ0n) is 11.7. The molecule has 1 aromatic rings. The zero-order chi connectivity index (χ0) is 14.6. The minimum Gasteiger partial charge on any atom is -0.336 e. The molecule has 1 atom stereocenters. The molecule has 0 saturated heterocycles. The highest BCUT2D eigenvalue weighted by Crippen LogP contribution is 2.39. The van der Waals surface area contributed by atoms with Gasteiger partial charge in [0.2, 0.25) is 5.91 Å². The lowest BCUT2D eigenvalue weighted by atomic mass is 9.95. The van der Waals surface area contributed by atoms with Crippen molar-refractivity contribution in [1.82, 2.24) is 9.88 Å². The molecule has 1 heterocycles. The monoisotopic (exact) mass is 272 g/mol. The lowest BCUT2D eigenvalue weighted by molar-refractivity contribution is -0.137. The first-order valence-electron chi connectivity index (χ1n) is 6.90. The fourth-order valence-corrected chi connectivity index (χ4v) is 2.35. The number of carbonyl (C=O) groups excluding carboxylic acids is 1. The summed E-state index contributed by atoms with van der Waals surface area (Å²) in [5.41, 5.74) is 6.33. The van der Waals surface area contributed by atoms with Gasteiger partial charge in [-0.05, 0) is 37.3 Å². The highest BCUT2D eigenvalue weighted by atomic mass is 16.2. The molecule has 0 radical (unpaired) electrons. The molecule has 1 amide bonds. The van der Waals surface area contributed by atoms with Gasteiger partial charge in [0.1, 0.15) is 0 Å². The lowest BCUT2D eigenvalue weighted by Crippen LogP contribution is -2.54. The molecule has 1 unspecified atom stereocenters. The van der Waals surface area contributed by atoms with Crippen LogP contribution in [0.1, 0.15) is 31.7 Å². The van der Waals surface area contributed by atoms with Crippen LogP contribution in [0.4, 0.5) is 0 Å². The van der Waals surface area contributed by atoms with Gasteiger partial charge in [-0.3, -0.25) is 9.78 Å². The van der Waals surface area contributed by atoms with Gasteiger partial charge < -0.3 is 10.6 Å². The van der Waals surface area contributed by atoms with Crippen molar-refractivity contribution >= 4 is 5.91 Å². The van der Waals surface area contributed by atoms with Crippen LogP contribution < -0.4 is 5.73 Å². The molecule has 1 saturated carbocycles. The number of rotatable bonds is 6. The maximum atomic E-state index is 12.6. The number of aromatic nitrogens is 1. The van der Waals surface area contributed by atoms with Crippen molar-refractivity contribution < 1.29 is 4.79 Å². The van der Waals surface area contributed by atoms with Crippen LogP contribution >= 0.6 is 0 Å². The molecule has 1 aliphatic carbocycles. The molecular formula is C15H20N4O. The molecular weight excluding hydrogens is 252 g/mol. The molecule has 1 aromatic heterocycles. The van der Waals surface area contributed by atoms with Crippen LogP contribution in [0.15, 0.2) is 24.5 Å². The summed E-state index contributed by atoms with van der Waals surface area (Å²) in [5.74, 6) is 0.201. The van der Waals surface area contributed by atoms with Crippen molar-refractivity contribution in [3.8, 4) is 6.07 Å². The summed E-state index contributed by atoms with van der Waals surface area (Å²) in [6, 6.07) is 5.84. The number of hydrogen-bond donors (Lipinski definition) is 1. The van der Waals surface area contributed by atoms with Gasteiger partial charge in [0.15, 0.2) is 0 Å². The van der Waals surface area contributed by atoms with Gasteiger partial charge >= 0.3 is 0 Å². The molecule has 0 aromatic carbocycles. The Morgan fingerprint density at radius 2 is 2.40 bits per heavy atom. The number of amides is 1. The van der Waals surface area contributed by atoms with Gasteiger partial charge in [-0.2, -0.15) is 5.26 Å².